The summed E-state index contributed by atoms with van der Waals surface area (Å²) in [5, 5.41) is 0. The van der Waals surface area contributed by atoms with Crippen LogP contribution in [0.25, 0.3) is 16.5 Å². The zero-order valence-corrected chi connectivity index (χ0v) is 14.3. The Kier molecular flexibility index (Phi) is 4.82. The minimum absolute atomic E-state index is 0.0611. The molecule has 4 nitrogen and oxygen atoms in total. The zero-order chi connectivity index (χ0) is 17.2. The number of rotatable bonds is 4. The largest absolute Gasteiger partial charge is 0.458 e. The molecule has 0 aliphatic carbocycles. The van der Waals surface area contributed by atoms with E-state index in [0.717, 1.165) is 9.75 Å². The molecule has 0 amide bonds. The molecule has 0 N–H and O–H groups in total. The molecule has 0 bridgehead atoms. The first kappa shape index (κ1) is 16.9. The maximum absolute atomic E-state index is 13.8. The van der Waals surface area contributed by atoms with Gasteiger partial charge in [0.25, 0.3) is 0 Å². The number of carbonyl (C=O) groups is 1. The van der Waals surface area contributed by atoms with Crippen molar-refractivity contribution >= 4 is 33.2 Å². The van der Waals surface area contributed by atoms with E-state index in [1.54, 1.807) is 36.4 Å². The number of halogens is 1. The van der Waals surface area contributed by atoms with Gasteiger partial charge in [-0.25, -0.2) is 17.6 Å². The molecule has 0 spiro atoms. The van der Waals surface area contributed by atoms with Gasteiger partial charge in [-0.15, -0.1) is 11.3 Å². The minimum atomic E-state index is -3.07. The van der Waals surface area contributed by atoms with Crippen LogP contribution in [0.5, 0.6) is 0 Å². The second-order valence-electron chi connectivity index (χ2n) is 5.48. The number of thiophene rings is 1. The first-order chi connectivity index (χ1) is 11.4. The van der Waals surface area contributed by atoms with Crippen molar-refractivity contribution in [2.45, 2.75) is 12.5 Å². The summed E-state index contributed by atoms with van der Waals surface area (Å²) in [5.41, 5.74) is 0.515. The summed E-state index contributed by atoms with van der Waals surface area (Å²) >= 11 is 1.35. The van der Waals surface area contributed by atoms with Gasteiger partial charge in [-0.2, -0.15) is 0 Å². The summed E-state index contributed by atoms with van der Waals surface area (Å²) in [6.07, 6.45) is 2.63. The molecule has 1 saturated heterocycles. The molecular weight excluding hydrogens is 351 g/mol. The van der Waals surface area contributed by atoms with Crippen molar-refractivity contribution in [1.29, 1.82) is 0 Å². The maximum Gasteiger partial charge on any atom is 0.331 e. The van der Waals surface area contributed by atoms with Crippen molar-refractivity contribution in [3.05, 3.63) is 53.2 Å². The van der Waals surface area contributed by atoms with Crippen molar-refractivity contribution in [3.63, 3.8) is 0 Å². The van der Waals surface area contributed by atoms with E-state index in [0.29, 0.717) is 12.0 Å². The Balaban J connectivity index is 1.63. The predicted molar refractivity (Wildman–Crippen MR) is 91.9 cm³/mol. The highest BCUT2D eigenvalue weighted by Crippen LogP contribution is 2.30. The predicted octanol–water partition coefficient (Wildman–Crippen LogP) is 3.30. The van der Waals surface area contributed by atoms with Gasteiger partial charge in [0, 0.05) is 21.4 Å². The molecule has 0 saturated carbocycles. The third-order valence-electron chi connectivity index (χ3n) is 3.62. The lowest BCUT2D eigenvalue weighted by Crippen LogP contribution is -2.17. The fraction of sp³-hybridized carbons (Fsp3) is 0.235. The molecule has 1 aromatic carbocycles. The van der Waals surface area contributed by atoms with Crippen LogP contribution in [0.15, 0.2) is 42.5 Å². The molecule has 3 rings (SSSR count). The number of carbonyl (C=O) groups excluding carboxylic acids is 1. The lowest BCUT2D eigenvalue weighted by molar-refractivity contribution is -0.141. The number of hydrogen-bond donors (Lipinski definition) is 0. The molecule has 1 aromatic heterocycles. The monoisotopic (exact) mass is 366 g/mol. The lowest BCUT2D eigenvalue weighted by Gasteiger charge is -2.07. The van der Waals surface area contributed by atoms with Gasteiger partial charge in [0.05, 0.1) is 11.5 Å². The Morgan fingerprint density at radius 3 is 2.75 bits per heavy atom. The maximum atomic E-state index is 13.8. The fourth-order valence-corrected chi connectivity index (χ4v) is 4.98. The number of sulfone groups is 1. The smallest absolute Gasteiger partial charge is 0.331 e. The molecular formula is C17H15FO4S2. The Bertz CT molecular complexity index is 884. The Labute approximate surface area is 143 Å². The van der Waals surface area contributed by atoms with Crippen molar-refractivity contribution < 1.29 is 22.3 Å². The number of esters is 1. The Hall–Kier alpha value is -1.99. The van der Waals surface area contributed by atoms with E-state index in [4.69, 9.17) is 4.74 Å². The lowest BCUT2D eigenvalue weighted by atomic mass is 10.2. The van der Waals surface area contributed by atoms with Gasteiger partial charge in [0.1, 0.15) is 11.9 Å². The van der Waals surface area contributed by atoms with Crippen LogP contribution >= 0.6 is 11.3 Å². The molecule has 0 radical (unpaired) electrons. The van der Waals surface area contributed by atoms with Gasteiger partial charge in [0.15, 0.2) is 9.84 Å². The quantitative estimate of drug-likeness (QED) is 0.615. The first-order valence-electron chi connectivity index (χ1n) is 7.37. The summed E-state index contributed by atoms with van der Waals surface area (Å²) in [5.74, 6) is -0.913. The molecule has 1 aliphatic heterocycles. The van der Waals surface area contributed by atoms with Crippen molar-refractivity contribution in [2.75, 3.05) is 11.5 Å². The molecule has 2 aromatic rings. The van der Waals surface area contributed by atoms with E-state index < -0.39 is 21.9 Å². The van der Waals surface area contributed by atoms with Crippen LogP contribution in [0.1, 0.15) is 11.3 Å². The highest BCUT2D eigenvalue weighted by Gasteiger charge is 2.30. The third-order valence-corrected chi connectivity index (χ3v) is 6.44. The summed E-state index contributed by atoms with van der Waals surface area (Å²) in [6, 6.07) is 10.1. The average Bonchev–Trinajstić information content (AvgIpc) is 3.12. The van der Waals surface area contributed by atoms with Crippen molar-refractivity contribution in [3.8, 4) is 10.4 Å². The van der Waals surface area contributed by atoms with E-state index in [1.807, 2.05) is 0 Å². The molecule has 1 unspecified atom stereocenters. The van der Waals surface area contributed by atoms with Gasteiger partial charge in [-0.05, 0) is 30.7 Å². The second kappa shape index (κ2) is 6.86. The molecule has 2 heterocycles. The van der Waals surface area contributed by atoms with Gasteiger partial charge in [-0.1, -0.05) is 18.2 Å². The van der Waals surface area contributed by atoms with E-state index in [-0.39, 0.29) is 17.3 Å². The number of ether oxygens (including phenoxy) is 1. The second-order valence-corrected chi connectivity index (χ2v) is 8.82. The molecule has 126 valence electrons. The van der Waals surface area contributed by atoms with E-state index in [2.05, 4.69) is 0 Å². The standard InChI is InChI=1S/C17H15FO4S2/c18-15-4-2-1-3-14(15)16-7-5-13(23-16)6-8-17(19)22-12-9-10-24(20,21)11-12/h1-8,12H,9-11H2/b8-6+. The number of hydrogen-bond acceptors (Lipinski definition) is 5. The third kappa shape index (κ3) is 4.10. The van der Waals surface area contributed by atoms with Crippen LogP contribution in [0.3, 0.4) is 0 Å². The Morgan fingerprint density at radius 1 is 1.25 bits per heavy atom. The highest BCUT2D eigenvalue weighted by molar-refractivity contribution is 7.91. The van der Waals surface area contributed by atoms with Gasteiger partial charge < -0.3 is 4.74 Å². The Morgan fingerprint density at radius 2 is 2.04 bits per heavy atom. The summed E-state index contributed by atoms with van der Waals surface area (Å²) in [7, 11) is -3.07. The fourth-order valence-electron chi connectivity index (χ4n) is 2.46. The molecule has 7 heteroatoms. The molecule has 24 heavy (non-hydrogen) atoms. The molecule has 1 aliphatic rings. The van der Waals surface area contributed by atoms with Gasteiger partial charge >= 0.3 is 5.97 Å². The van der Waals surface area contributed by atoms with Crippen LogP contribution in [0.4, 0.5) is 4.39 Å². The first-order valence-corrected chi connectivity index (χ1v) is 10.0. The van der Waals surface area contributed by atoms with Crippen molar-refractivity contribution in [2.24, 2.45) is 0 Å². The van der Waals surface area contributed by atoms with Crippen molar-refractivity contribution in [1.82, 2.24) is 0 Å². The van der Waals surface area contributed by atoms with Crippen LogP contribution in [-0.4, -0.2) is 32.0 Å². The molecule has 1 atom stereocenters. The number of benzene rings is 1. The van der Waals surface area contributed by atoms with Crippen LogP contribution in [-0.2, 0) is 19.4 Å². The summed E-state index contributed by atoms with van der Waals surface area (Å²) in [4.78, 5) is 13.3. The topological polar surface area (TPSA) is 60.4 Å². The average molecular weight is 366 g/mol. The molecule has 1 fully saturated rings. The normalized spacial score (nSPS) is 19.6. The van der Waals surface area contributed by atoms with E-state index in [9.17, 15) is 17.6 Å². The highest BCUT2D eigenvalue weighted by atomic mass is 32.2. The van der Waals surface area contributed by atoms with Crippen LogP contribution < -0.4 is 0 Å². The SMILES string of the molecule is O=C(/C=C/c1ccc(-c2ccccc2F)s1)OC1CCS(=O)(=O)C1. The van der Waals surface area contributed by atoms with Crippen LogP contribution in [0.2, 0.25) is 0 Å². The van der Waals surface area contributed by atoms with E-state index in [1.165, 1.54) is 23.5 Å². The van der Waals surface area contributed by atoms with Gasteiger partial charge in [-0.3, -0.25) is 0 Å². The summed E-state index contributed by atoms with van der Waals surface area (Å²) < 4.78 is 41.5. The van der Waals surface area contributed by atoms with Crippen LogP contribution in [0, 0.1) is 5.82 Å². The summed E-state index contributed by atoms with van der Waals surface area (Å²) in [6.45, 7) is 0. The minimum Gasteiger partial charge on any atom is -0.458 e. The van der Waals surface area contributed by atoms with Gasteiger partial charge in [0.2, 0.25) is 0 Å². The zero-order valence-electron chi connectivity index (χ0n) is 12.6. The van der Waals surface area contributed by atoms with E-state index >= 15 is 0 Å².